The quantitative estimate of drug-likeness (QED) is 0.423. The van der Waals surface area contributed by atoms with Crippen LogP contribution in [0.25, 0.3) is 32.9 Å². The van der Waals surface area contributed by atoms with E-state index in [1.807, 2.05) is 67.6 Å². The Kier molecular flexibility index (Phi) is 2.01. The van der Waals surface area contributed by atoms with Crippen LogP contribution in [0.2, 0.25) is 0 Å². The molecule has 0 fully saturated rings. The third kappa shape index (κ3) is 1.78. The van der Waals surface area contributed by atoms with Crippen molar-refractivity contribution >= 4 is 21.7 Å². The van der Waals surface area contributed by atoms with E-state index < -0.39 is 6.85 Å². The molecule has 0 spiro atoms. The fraction of sp³-hybridized carbons (Fsp3) is 0.100. The van der Waals surface area contributed by atoms with Crippen molar-refractivity contribution in [3.8, 4) is 11.1 Å². The minimum absolute atomic E-state index is 0.353. The first-order chi connectivity index (χ1) is 11.5. The highest BCUT2D eigenvalue weighted by Gasteiger charge is 2.16. The smallest absolute Gasteiger partial charge is 0.142 e. The van der Waals surface area contributed by atoms with E-state index in [-0.39, 0.29) is 0 Å². The van der Waals surface area contributed by atoms with Gasteiger partial charge in [-0.25, -0.2) is 0 Å². The second-order valence-electron chi connectivity index (χ2n) is 5.26. The summed E-state index contributed by atoms with van der Waals surface area (Å²) in [5, 5.41) is 2.62. The second-order valence-corrected chi connectivity index (χ2v) is 5.26. The summed E-state index contributed by atoms with van der Waals surface area (Å²) in [6, 6.07) is 19.2. The number of fused-ring (bicyclic) bond motifs is 3. The summed E-state index contributed by atoms with van der Waals surface area (Å²) in [7, 11) is 0. The molecular weight excluding hydrogens is 256 g/mol. The molecule has 21 heavy (non-hydrogen) atoms. The summed E-state index contributed by atoms with van der Waals surface area (Å²) in [6.07, 6.45) is 0. The number of furan rings is 1. The standard InChI is InChI=1S/C20H16O/c1-13-12-18-17-11-7-6-10-16(17)14(2)19(20(18)21-13)15-8-4-3-5-9-15/h3-12H,1-2H3/i2D3. The van der Waals surface area contributed by atoms with Crippen LogP contribution in [0.15, 0.2) is 65.1 Å². The Bertz CT molecular complexity index is 1040. The summed E-state index contributed by atoms with van der Waals surface area (Å²) in [5.74, 6) is 0.773. The zero-order chi connectivity index (χ0) is 16.9. The SMILES string of the molecule is [2H]C([2H])([2H])c1c(-c2ccccc2)c2oc(C)cc2c2ccccc12. The van der Waals surface area contributed by atoms with Gasteiger partial charge in [-0.2, -0.15) is 0 Å². The van der Waals surface area contributed by atoms with Crippen LogP contribution in [0.5, 0.6) is 0 Å². The molecule has 0 amide bonds. The molecule has 0 bridgehead atoms. The molecule has 0 aliphatic rings. The zero-order valence-corrected chi connectivity index (χ0v) is 11.7. The number of rotatable bonds is 1. The van der Waals surface area contributed by atoms with Crippen molar-refractivity contribution in [2.24, 2.45) is 0 Å². The van der Waals surface area contributed by atoms with Crippen molar-refractivity contribution in [2.75, 3.05) is 0 Å². The predicted molar refractivity (Wildman–Crippen MR) is 88.6 cm³/mol. The molecule has 4 aromatic rings. The molecule has 0 saturated heterocycles. The Labute approximate surface area is 128 Å². The monoisotopic (exact) mass is 275 g/mol. The summed E-state index contributed by atoms with van der Waals surface area (Å²) >= 11 is 0. The predicted octanol–water partition coefficient (Wildman–Crippen LogP) is 5.87. The molecule has 1 aromatic heterocycles. The van der Waals surface area contributed by atoms with Crippen molar-refractivity contribution in [2.45, 2.75) is 13.8 Å². The van der Waals surface area contributed by atoms with Crippen LogP contribution < -0.4 is 0 Å². The van der Waals surface area contributed by atoms with Crippen LogP contribution >= 0.6 is 0 Å². The van der Waals surface area contributed by atoms with Gasteiger partial charge in [0.05, 0.1) is 0 Å². The lowest BCUT2D eigenvalue weighted by Crippen LogP contribution is -1.87. The summed E-state index contributed by atoms with van der Waals surface area (Å²) in [6.45, 7) is -0.349. The van der Waals surface area contributed by atoms with Gasteiger partial charge >= 0.3 is 0 Å². The van der Waals surface area contributed by atoms with Crippen LogP contribution in [-0.4, -0.2) is 0 Å². The molecule has 1 heterocycles. The molecule has 0 aliphatic carbocycles. The third-order valence-electron chi connectivity index (χ3n) is 3.88. The van der Waals surface area contributed by atoms with Gasteiger partial charge in [0.2, 0.25) is 0 Å². The Hall–Kier alpha value is -2.54. The molecule has 0 radical (unpaired) electrons. The van der Waals surface area contributed by atoms with E-state index in [9.17, 15) is 0 Å². The number of hydrogen-bond acceptors (Lipinski definition) is 1. The highest BCUT2D eigenvalue weighted by Crippen LogP contribution is 2.39. The van der Waals surface area contributed by atoms with E-state index in [1.165, 1.54) is 0 Å². The van der Waals surface area contributed by atoms with Crippen molar-refractivity contribution in [1.29, 1.82) is 0 Å². The van der Waals surface area contributed by atoms with Gasteiger partial charge in [0.1, 0.15) is 11.3 Å². The van der Waals surface area contributed by atoms with E-state index in [0.717, 1.165) is 27.5 Å². The largest absolute Gasteiger partial charge is 0.461 e. The molecular formula is C20H16O. The van der Waals surface area contributed by atoms with Gasteiger partial charge in [-0.3, -0.25) is 0 Å². The minimum Gasteiger partial charge on any atom is -0.461 e. The lowest BCUT2D eigenvalue weighted by molar-refractivity contribution is 0.579. The fourth-order valence-corrected chi connectivity index (χ4v) is 2.96. The third-order valence-corrected chi connectivity index (χ3v) is 3.88. The molecule has 0 N–H and O–H groups in total. The zero-order valence-electron chi connectivity index (χ0n) is 14.7. The van der Waals surface area contributed by atoms with Crippen molar-refractivity contribution < 1.29 is 8.53 Å². The lowest BCUT2D eigenvalue weighted by Gasteiger charge is -2.11. The van der Waals surface area contributed by atoms with Gasteiger partial charge in [0.25, 0.3) is 0 Å². The van der Waals surface area contributed by atoms with Gasteiger partial charge in [-0.05, 0) is 41.7 Å². The molecule has 0 unspecified atom stereocenters. The molecule has 4 rings (SSSR count). The summed E-state index contributed by atoms with van der Waals surface area (Å²) < 4.78 is 30.3. The van der Waals surface area contributed by atoms with Crippen LogP contribution in [-0.2, 0) is 0 Å². The van der Waals surface area contributed by atoms with Gasteiger partial charge in [-0.1, -0.05) is 54.6 Å². The first kappa shape index (κ1) is 9.41. The molecule has 1 nitrogen and oxygen atoms in total. The molecule has 3 aromatic carbocycles. The fourth-order valence-electron chi connectivity index (χ4n) is 2.96. The average Bonchev–Trinajstić information content (AvgIpc) is 2.95. The highest BCUT2D eigenvalue weighted by molar-refractivity contribution is 6.14. The van der Waals surface area contributed by atoms with E-state index in [2.05, 4.69) is 0 Å². The Morgan fingerprint density at radius 3 is 2.33 bits per heavy atom. The van der Waals surface area contributed by atoms with Gasteiger partial charge < -0.3 is 4.42 Å². The lowest BCUT2D eigenvalue weighted by atomic mass is 9.92. The maximum Gasteiger partial charge on any atom is 0.142 e. The van der Waals surface area contributed by atoms with Crippen LogP contribution in [0, 0.1) is 13.8 Å². The van der Waals surface area contributed by atoms with Crippen molar-refractivity contribution in [3.63, 3.8) is 0 Å². The van der Waals surface area contributed by atoms with Crippen LogP contribution in [0.1, 0.15) is 15.4 Å². The summed E-state index contributed by atoms with van der Waals surface area (Å²) in [4.78, 5) is 0. The first-order valence-corrected chi connectivity index (χ1v) is 6.97. The van der Waals surface area contributed by atoms with Gasteiger partial charge in [-0.15, -0.1) is 0 Å². The van der Waals surface area contributed by atoms with Crippen LogP contribution in [0.3, 0.4) is 0 Å². The van der Waals surface area contributed by atoms with Gasteiger partial charge in [0, 0.05) is 15.1 Å². The average molecular weight is 275 g/mol. The van der Waals surface area contributed by atoms with E-state index >= 15 is 0 Å². The Morgan fingerprint density at radius 1 is 0.857 bits per heavy atom. The van der Waals surface area contributed by atoms with E-state index in [0.29, 0.717) is 16.7 Å². The number of hydrogen-bond donors (Lipinski definition) is 0. The molecule has 0 atom stereocenters. The second kappa shape index (κ2) is 4.49. The molecule has 0 aliphatic heterocycles. The van der Waals surface area contributed by atoms with E-state index in [1.54, 1.807) is 0 Å². The number of benzene rings is 3. The van der Waals surface area contributed by atoms with E-state index in [4.69, 9.17) is 8.53 Å². The topological polar surface area (TPSA) is 13.1 Å². The summed E-state index contributed by atoms with van der Waals surface area (Å²) in [5.41, 5.74) is 2.51. The maximum atomic E-state index is 8.12. The maximum absolute atomic E-state index is 8.12. The molecule has 1 heteroatoms. The highest BCUT2D eigenvalue weighted by atomic mass is 16.3. The number of aryl methyl sites for hydroxylation is 2. The Balaban J connectivity index is 2.30. The van der Waals surface area contributed by atoms with Crippen molar-refractivity contribution in [3.05, 3.63) is 72.0 Å². The Morgan fingerprint density at radius 2 is 1.57 bits per heavy atom. The van der Waals surface area contributed by atoms with Gasteiger partial charge in [0.15, 0.2) is 0 Å². The minimum atomic E-state index is -2.24. The van der Waals surface area contributed by atoms with Crippen molar-refractivity contribution in [1.82, 2.24) is 0 Å². The molecule has 102 valence electrons. The first-order valence-electron chi connectivity index (χ1n) is 8.47. The van der Waals surface area contributed by atoms with Crippen LogP contribution in [0.4, 0.5) is 0 Å². The molecule has 0 saturated carbocycles. The normalized spacial score (nSPS) is 14.0.